The van der Waals surface area contributed by atoms with Crippen LogP contribution in [0.4, 0.5) is 4.79 Å². The van der Waals surface area contributed by atoms with E-state index in [2.05, 4.69) is 5.32 Å². The fourth-order valence-electron chi connectivity index (χ4n) is 1.45. The number of hydrogen-bond acceptors (Lipinski definition) is 6. The second kappa shape index (κ2) is 8.76. The molecule has 0 saturated heterocycles. The molecule has 3 N–H and O–H groups in total. The molecule has 0 fully saturated rings. The van der Waals surface area contributed by atoms with Gasteiger partial charge in [0.25, 0.3) is 0 Å². The summed E-state index contributed by atoms with van der Waals surface area (Å²) in [4.78, 5) is 23.4. The van der Waals surface area contributed by atoms with Gasteiger partial charge in [-0.15, -0.1) is 0 Å². The topological polar surface area (TPSA) is 105 Å². The first-order chi connectivity index (χ1) is 9.21. The number of hydrogen-bond donors (Lipinski definition) is 3. The Kier molecular flexibility index (Phi) is 8.17. The van der Waals surface area contributed by atoms with Crippen molar-refractivity contribution in [2.24, 2.45) is 0 Å². The summed E-state index contributed by atoms with van der Waals surface area (Å²) < 4.78 is 9.84. The van der Waals surface area contributed by atoms with Crippen LogP contribution in [-0.2, 0) is 14.3 Å². The van der Waals surface area contributed by atoms with Crippen molar-refractivity contribution in [3.63, 3.8) is 0 Å². The number of alkyl carbamates (subject to hydrolysis) is 1. The molecule has 7 nitrogen and oxygen atoms in total. The van der Waals surface area contributed by atoms with Crippen molar-refractivity contribution < 1.29 is 29.3 Å². The number of amides is 1. The molecule has 0 rings (SSSR count). The number of aliphatic hydroxyl groups excluding tert-OH is 2. The van der Waals surface area contributed by atoms with Crippen molar-refractivity contribution in [2.75, 3.05) is 13.2 Å². The van der Waals surface area contributed by atoms with Crippen molar-refractivity contribution in [1.29, 1.82) is 0 Å². The van der Waals surface area contributed by atoms with Gasteiger partial charge in [0.15, 0.2) is 6.04 Å². The molecule has 0 heterocycles. The lowest BCUT2D eigenvalue weighted by atomic mass is 10.1. The van der Waals surface area contributed by atoms with Gasteiger partial charge < -0.3 is 25.0 Å². The lowest BCUT2D eigenvalue weighted by Crippen LogP contribution is -2.50. The van der Waals surface area contributed by atoms with Crippen LogP contribution in [0.1, 0.15) is 40.5 Å². The predicted octanol–water partition coefficient (Wildman–Crippen LogP) is 0.576. The Labute approximate surface area is 119 Å². The van der Waals surface area contributed by atoms with Crippen LogP contribution < -0.4 is 5.32 Å². The van der Waals surface area contributed by atoms with Gasteiger partial charge in [-0.25, -0.2) is 9.59 Å². The van der Waals surface area contributed by atoms with E-state index in [-0.39, 0.29) is 19.6 Å². The Hall–Kier alpha value is -1.34. The fraction of sp³-hybridized carbons (Fsp3) is 0.846. The van der Waals surface area contributed by atoms with Crippen LogP contribution in [0.2, 0.25) is 0 Å². The highest BCUT2D eigenvalue weighted by atomic mass is 16.6. The molecule has 118 valence electrons. The minimum atomic E-state index is -1.21. The Morgan fingerprint density at radius 1 is 1.30 bits per heavy atom. The summed E-state index contributed by atoms with van der Waals surface area (Å²) >= 11 is 0. The molecule has 1 amide bonds. The van der Waals surface area contributed by atoms with Gasteiger partial charge in [0.1, 0.15) is 5.60 Å². The summed E-state index contributed by atoms with van der Waals surface area (Å²) in [5.74, 6) is -0.733. The second-order valence-corrected chi connectivity index (χ2v) is 5.31. The summed E-state index contributed by atoms with van der Waals surface area (Å²) in [7, 11) is 0. The van der Waals surface area contributed by atoms with Gasteiger partial charge >= 0.3 is 12.1 Å². The number of esters is 1. The van der Waals surface area contributed by atoms with Gasteiger partial charge in [-0.05, 0) is 40.5 Å². The maximum absolute atomic E-state index is 11.7. The van der Waals surface area contributed by atoms with Gasteiger partial charge in [-0.2, -0.15) is 0 Å². The smallest absolute Gasteiger partial charge is 0.408 e. The minimum Gasteiger partial charge on any atom is -0.464 e. The molecule has 0 aliphatic carbocycles. The second-order valence-electron chi connectivity index (χ2n) is 5.31. The Bertz CT molecular complexity index is 312. The van der Waals surface area contributed by atoms with E-state index in [1.807, 2.05) is 0 Å². The Morgan fingerprint density at radius 2 is 1.90 bits per heavy atom. The summed E-state index contributed by atoms with van der Waals surface area (Å²) in [6, 6.07) is -1.21. The maximum Gasteiger partial charge on any atom is 0.408 e. The van der Waals surface area contributed by atoms with Crippen LogP contribution in [0.5, 0.6) is 0 Å². The molecule has 20 heavy (non-hydrogen) atoms. The monoisotopic (exact) mass is 291 g/mol. The third-order valence-corrected chi connectivity index (χ3v) is 2.26. The summed E-state index contributed by atoms with van der Waals surface area (Å²) in [5.41, 5.74) is -0.709. The molecule has 0 radical (unpaired) electrons. The number of ether oxygens (including phenoxy) is 2. The van der Waals surface area contributed by atoms with Crippen molar-refractivity contribution >= 4 is 12.1 Å². The van der Waals surface area contributed by atoms with E-state index in [1.54, 1.807) is 27.7 Å². The molecule has 0 spiro atoms. The van der Waals surface area contributed by atoms with Crippen molar-refractivity contribution in [1.82, 2.24) is 5.32 Å². The van der Waals surface area contributed by atoms with E-state index in [1.165, 1.54) is 0 Å². The first-order valence-corrected chi connectivity index (χ1v) is 6.66. The highest BCUT2D eigenvalue weighted by molar-refractivity contribution is 5.82. The molecule has 2 atom stereocenters. The fourth-order valence-corrected chi connectivity index (χ4v) is 1.45. The predicted molar refractivity (Wildman–Crippen MR) is 72.1 cm³/mol. The number of nitrogens with one attached hydrogen (secondary N) is 1. The van der Waals surface area contributed by atoms with E-state index in [4.69, 9.17) is 14.6 Å². The maximum atomic E-state index is 11.7. The van der Waals surface area contributed by atoms with Crippen molar-refractivity contribution in [3.05, 3.63) is 0 Å². The van der Waals surface area contributed by atoms with Gasteiger partial charge in [0, 0.05) is 6.61 Å². The Balaban J connectivity index is 4.68. The summed E-state index contributed by atoms with van der Waals surface area (Å²) in [6.45, 7) is 6.72. The van der Waals surface area contributed by atoms with Crippen LogP contribution in [0, 0.1) is 0 Å². The number of rotatable bonds is 7. The van der Waals surface area contributed by atoms with Crippen LogP contribution in [0.25, 0.3) is 0 Å². The van der Waals surface area contributed by atoms with Crippen molar-refractivity contribution in [2.45, 2.75) is 58.3 Å². The highest BCUT2D eigenvalue weighted by Gasteiger charge is 2.31. The number of carbonyl (C=O) groups is 2. The molecule has 0 aliphatic heterocycles. The van der Waals surface area contributed by atoms with Gasteiger partial charge in [-0.3, -0.25) is 0 Å². The van der Waals surface area contributed by atoms with Gasteiger partial charge in [-0.1, -0.05) is 0 Å². The largest absolute Gasteiger partial charge is 0.464 e. The van der Waals surface area contributed by atoms with Crippen LogP contribution >= 0.6 is 0 Å². The average molecular weight is 291 g/mol. The third-order valence-electron chi connectivity index (χ3n) is 2.26. The molecule has 0 aromatic rings. The third kappa shape index (κ3) is 7.96. The molecular weight excluding hydrogens is 266 g/mol. The molecule has 0 unspecified atom stereocenters. The van der Waals surface area contributed by atoms with Crippen LogP contribution in [0.15, 0.2) is 0 Å². The minimum absolute atomic E-state index is 0.112. The first-order valence-electron chi connectivity index (χ1n) is 6.66. The standard InChI is InChI=1S/C13H25NO6/c1-5-19-11(17)10(9(16)7-6-8-15)14-12(18)20-13(2,3)4/h9-10,15-16H,5-8H2,1-4H3,(H,14,18)/t9-,10-/m0/s1. The lowest BCUT2D eigenvalue weighted by molar-refractivity contribution is -0.148. The quantitative estimate of drug-likeness (QED) is 0.592. The van der Waals surface area contributed by atoms with E-state index >= 15 is 0 Å². The molecule has 0 bridgehead atoms. The van der Waals surface area contributed by atoms with Crippen LogP contribution in [-0.4, -0.2) is 53.2 Å². The molecule has 0 saturated carbocycles. The lowest BCUT2D eigenvalue weighted by Gasteiger charge is -2.25. The zero-order chi connectivity index (χ0) is 15.8. The SMILES string of the molecule is CCOC(=O)[C@@H](NC(=O)OC(C)(C)C)[C@@H](O)CCCO. The zero-order valence-corrected chi connectivity index (χ0v) is 12.5. The van der Waals surface area contributed by atoms with Crippen LogP contribution in [0.3, 0.4) is 0 Å². The highest BCUT2D eigenvalue weighted by Crippen LogP contribution is 2.09. The molecule has 0 aromatic heterocycles. The number of carbonyl (C=O) groups excluding carboxylic acids is 2. The van der Waals surface area contributed by atoms with Gasteiger partial charge in [0.05, 0.1) is 12.7 Å². The van der Waals surface area contributed by atoms with E-state index in [0.29, 0.717) is 6.42 Å². The summed E-state index contributed by atoms with van der Waals surface area (Å²) in [5, 5.41) is 20.9. The molecule has 0 aliphatic rings. The van der Waals surface area contributed by atoms with Crippen molar-refractivity contribution in [3.8, 4) is 0 Å². The van der Waals surface area contributed by atoms with E-state index in [9.17, 15) is 14.7 Å². The average Bonchev–Trinajstić information content (AvgIpc) is 2.31. The number of aliphatic hydroxyl groups is 2. The van der Waals surface area contributed by atoms with E-state index in [0.717, 1.165) is 0 Å². The molecule has 0 aromatic carbocycles. The normalized spacial score (nSPS) is 14.3. The zero-order valence-electron chi connectivity index (χ0n) is 12.5. The first kappa shape index (κ1) is 18.7. The molecule has 7 heteroatoms. The van der Waals surface area contributed by atoms with E-state index < -0.39 is 29.8 Å². The Morgan fingerprint density at radius 3 is 2.35 bits per heavy atom. The summed E-state index contributed by atoms with van der Waals surface area (Å²) in [6.07, 6.45) is -1.48. The molecular formula is C13H25NO6. The van der Waals surface area contributed by atoms with Gasteiger partial charge in [0.2, 0.25) is 0 Å².